The lowest BCUT2D eigenvalue weighted by molar-refractivity contribution is 0.1000. The van der Waals surface area contributed by atoms with Gasteiger partial charge in [-0.2, -0.15) is 10.1 Å². The molecule has 3 fully saturated rings. The maximum Gasteiger partial charge on any atom is 0.248 e. The van der Waals surface area contributed by atoms with E-state index in [0.717, 1.165) is 55.8 Å². The van der Waals surface area contributed by atoms with Gasteiger partial charge in [-0.25, -0.2) is 4.98 Å². The highest BCUT2D eigenvalue weighted by Crippen LogP contribution is 2.40. The quantitative estimate of drug-likeness (QED) is 0.306. The molecule has 4 aromatic rings. The number of hydrogen-bond acceptors (Lipinski definition) is 7. The van der Waals surface area contributed by atoms with Crippen LogP contribution in [-0.4, -0.2) is 56.1 Å². The predicted octanol–water partition coefficient (Wildman–Crippen LogP) is 3.97. The molecule has 9 nitrogen and oxygen atoms in total. The van der Waals surface area contributed by atoms with E-state index in [1.807, 2.05) is 36.4 Å². The van der Waals surface area contributed by atoms with Gasteiger partial charge in [-0.3, -0.25) is 14.8 Å². The van der Waals surface area contributed by atoms with E-state index in [2.05, 4.69) is 55.6 Å². The number of nitrogens with two attached hydrogens (primary N) is 1. The predicted molar refractivity (Wildman–Crippen MR) is 150 cm³/mol. The number of piperazine rings is 1. The highest BCUT2D eigenvalue weighted by Gasteiger charge is 2.44. The Labute approximate surface area is 227 Å². The fourth-order valence-corrected chi connectivity index (χ4v) is 5.90. The monoisotopic (exact) mass is 520 g/mol. The molecule has 2 saturated heterocycles. The smallest absolute Gasteiger partial charge is 0.248 e. The number of carbonyl (C=O) groups excluding carboxylic acids is 1. The number of anilines is 3. The van der Waals surface area contributed by atoms with Crippen LogP contribution < -0.4 is 16.0 Å². The number of nitrogens with one attached hydrogen (secondary N) is 2. The van der Waals surface area contributed by atoms with Crippen LogP contribution in [0.1, 0.15) is 58.1 Å². The molecular formula is C30H32N8O. The number of carbonyl (C=O) groups is 1. The normalized spacial score (nSPS) is 20.5. The Hall–Kier alpha value is -4.24. The Kier molecular flexibility index (Phi) is 6.00. The van der Waals surface area contributed by atoms with Crippen LogP contribution in [-0.2, 0) is 13.0 Å². The summed E-state index contributed by atoms with van der Waals surface area (Å²) in [4.78, 5) is 26.3. The van der Waals surface area contributed by atoms with Crippen LogP contribution in [0, 0.1) is 0 Å². The second kappa shape index (κ2) is 9.81. The summed E-state index contributed by atoms with van der Waals surface area (Å²) >= 11 is 0. The van der Waals surface area contributed by atoms with Crippen molar-refractivity contribution in [2.24, 2.45) is 5.73 Å². The minimum atomic E-state index is -0.392. The van der Waals surface area contributed by atoms with E-state index in [9.17, 15) is 4.79 Å². The van der Waals surface area contributed by atoms with Crippen molar-refractivity contribution >= 4 is 23.5 Å². The molecule has 2 aromatic carbocycles. The first-order valence-corrected chi connectivity index (χ1v) is 13.7. The summed E-state index contributed by atoms with van der Waals surface area (Å²) in [6.07, 6.45) is 4.30. The summed E-state index contributed by atoms with van der Waals surface area (Å²) in [5.74, 6) is 2.57. The number of H-pyrrole nitrogens is 1. The molecule has 4 heterocycles. The zero-order chi connectivity index (χ0) is 26.3. The summed E-state index contributed by atoms with van der Waals surface area (Å²) < 4.78 is 0. The van der Waals surface area contributed by atoms with E-state index < -0.39 is 5.91 Å². The van der Waals surface area contributed by atoms with Crippen LogP contribution in [0.2, 0.25) is 0 Å². The molecule has 2 bridgehead atoms. The zero-order valence-electron chi connectivity index (χ0n) is 21.8. The van der Waals surface area contributed by atoms with Gasteiger partial charge < -0.3 is 16.0 Å². The Balaban J connectivity index is 1.10. The van der Waals surface area contributed by atoms with Crippen LogP contribution in [0.15, 0.2) is 66.7 Å². The van der Waals surface area contributed by atoms with Crippen molar-refractivity contribution in [2.75, 3.05) is 23.3 Å². The van der Waals surface area contributed by atoms with E-state index in [1.165, 1.54) is 29.7 Å². The molecule has 0 radical (unpaired) electrons. The van der Waals surface area contributed by atoms with E-state index in [0.29, 0.717) is 23.6 Å². The number of likely N-dealkylation sites (tertiary alicyclic amines) is 1. The Morgan fingerprint density at radius 2 is 1.77 bits per heavy atom. The highest BCUT2D eigenvalue weighted by molar-refractivity contribution is 5.92. The highest BCUT2D eigenvalue weighted by atomic mass is 16.1. The zero-order valence-corrected chi connectivity index (χ0v) is 21.8. The lowest BCUT2D eigenvalue weighted by Crippen LogP contribution is -2.46. The van der Waals surface area contributed by atoms with Crippen LogP contribution in [0.3, 0.4) is 0 Å². The minimum Gasteiger partial charge on any atom is -0.366 e. The maximum absolute atomic E-state index is 11.4. The van der Waals surface area contributed by atoms with Crippen molar-refractivity contribution in [1.29, 1.82) is 0 Å². The van der Waals surface area contributed by atoms with E-state index in [1.54, 1.807) is 0 Å². The van der Waals surface area contributed by atoms with Crippen molar-refractivity contribution in [3.05, 3.63) is 94.8 Å². The third-order valence-electron chi connectivity index (χ3n) is 8.10. The number of fused-ring (bicyclic) bond motifs is 2. The summed E-state index contributed by atoms with van der Waals surface area (Å²) in [5.41, 5.74) is 10.5. The molecule has 1 saturated carbocycles. The number of nitrogens with zero attached hydrogens (tertiary/aromatic N) is 5. The number of rotatable bonds is 9. The molecule has 39 heavy (non-hydrogen) atoms. The van der Waals surface area contributed by atoms with Crippen LogP contribution in [0.5, 0.6) is 0 Å². The lowest BCUT2D eigenvalue weighted by Gasteiger charge is -2.34. The standard InChI is InChI=1S/C30H32N8O/c31-29(39)22-8-6-20(7-9-22)16-37-17-25-14-24(37)18-38(25)30-32-23(12-19-4-2-1-3-5-19)13-27(34-30)33-28-15-26(35-36-28)21-10-11-21/h1-9,13,15,21,24-25H,10-12,14,16-18H2,(H2,31,39)(H2,32,33,34,35,36)/t24-,25-/m1/s1. The topological polar surface area (TPSA) is 116 Å². The molecule has 2 aliphatic heterocycles. The van der Waals surface area contributed by atoms with Gasteiger partial charge in [0.05, 0.1) is 5.69 Å². The van der Waals surface area contributed by atoms with Gasteiger partial charge in [-0.1, -0.05) is 42.5 Å². The van der Waals surface area contributed by atoms with Crippen LogP contribution in [0.25, 0.3) is 0 Å². The Bertz CT molecular complexity index is 1480. The van der Waals surface area contributed by atoms with Crippen molar-refractivity contribution in [2.45, 2.75) is 50.2 Å². The fourth-order valence-electron chi connectivity index (χ4n) is 5.90. The third kappa shape index (κ3) is 5.09. The van der Waals surface area contributed by atoms with Crippen molar-refractivity contribution in [3.63, 3.8) is 0 Å². The first-order chi connectivity index (χ1) is 19.1. The van der Waals surface area contributed by atoms with E-state index in [-0.39, 0.29) is 0 Å². The minimum absolute atomic E-state index is 0.367. The fraction of sp³-hybridized carbons (Fsp3) is 0.333. The largest absolute Gasteiger partial charge is 0.366 e. The molecule has 2 atom stereocenters. The van der Waals surface area contributed by atoms with Gasteiger partial charge in [0.1, 0.15) is 5.82 Å². The Morgan fingerprint density at radius 3 is 2.49 bits per heavy atom. The molecule has 198 valence electrons. The van der Waals surface area contributed by atoms with E-state index in [4.69, 9.17) is 15.7 Å². The lowest BCUT2D eigenvalue weighted by atomic mass is 10.1. The van der Waals surface area contributed by atoms with Crippen LogP contribution in [0.4, 0.5) is 17.6 Å². The van der Waals surface area contributed by atoms with Crippen molar-refractivity contribution in [1.82, 2.24) is 25.1 Å². The first kappa shape index (κ1) is 23.8. The number of amides is 1. The molecule has 1 amide bonds. The molecular weight excluding hydrogens is 488 g/mol. The number of aromatic nitrogens is 4. The Morgan fingerprint density at radius 1 is 0.949 bits per heavy atom. The number of hydrogen-bond donors (Lipinski definition) is 3. The summed E-state index contributed by atoms with van der Waals surface area (Å²) in [6.45, 7) is 2.71. The van der Waals surface area contributed by atoms with Gasteiger partial charge in [-0.15, -0.1) is 0 Å². The molecule has 0 unspecified atom stereocenters. The maximum atomic E-state index is 11.4. The van der Waals surface area contributed by atoms with E-state index >= 15 is 0 Å². The molecule has 7 rings (SSSR count). The van der Waals surface area contributed by atoms with Gasteiger partial charge >= 0.3 is 0 Å². The number of primary amides is 1. The van der Waals surface area contributed by atoms with Gasteiger partial charge in [0.15, 0.2) is 5.82 Å². The van der Waals surface area contributed by atoms with Gasteiger partial charge in [-0.05, 0) is 42.5 Å². The van der Waals surface area contributed by atoms with Crippen molar-refractivity contribution < 1.29 is 4.79 Å². The van der Waals surface area contributed by atoms with Gasteiger partial charge in [0.25, 0.3) is 0 Å². The third-order valence-corrected chi connectivity index (χ3v) is 8.10. The second-order valence-corrected chi connectivity index (χ2v) is 11.0. The average Bonchev–Trinajstić information content (AvgIpc) is 3.36. The number of benzene rings is 2. The summed E-state index contributed by atoms with van der Waals surface area (Å²) in [5, 5.41) is 11.1. The molecule has 3 aliphatic rings. The van der Waals surface area contributed by atoms with Crippen molar-refractivity contribution in [3.8, 4) is 0 Å². The second-order valence-electron chi connectivity index (χ2n) is 11.0. The molecule has 1 aliphatic carbocycles. The average molecular weight is 521 g/mol. The summed E-state index contributed by atoms with van der Waals surface area (Å²) in [7, 11) is 0. The summed E-state index contributed by atoms with van der Waals surface area (Å²) in [6, 6.07) is 23.0. The molecule has 4 N–H and O–H groups in total. The van der Waals surface area contributed by atoms with Gasteiger partial charge in [0, 0.05) is 67.4 Å². The van der Waals surface area contributed by atoms with Gasteiger partial charge in [0.2, 0.25) is 11.9 Å². The molecule has 2 aromatic heterocycles. The van der Waals surface area contributed by atoms with Crippen LogP contribution >= 0.6 is 0 Å². The molecule has 0 spiro atoms. The SMILES string of the molecule is NC(=O)c1ccc(CN2C[C@H]3C[C@@H]2CN3c2nc(Cc3ccccc3)cc(Nc3cc(C4CC4)[nH]n3)n2)cc1. The number of aromatic amines is 1. The first-order valence-electron chi connectivity index (χ1n) is 13.7. The molecule has 9 heteroatoms.